The maximum absolute atomic E-state index is 9.78. The largest absolute Gasteiger partial charge is 0.393 e. The van der Waals surface area contributed by atoms with Crippen molar-refractivity contribution < 1.29 is 5.11 Å². The first kappa shape index (κ1) is 19.1. The molecule has 2 nitrogen and oxygen atoms in total. The van der Waals surface area contributed by atoms with Crippen LogP contribution in [0.1, 0.15) is 52.5 Å². The molecule has 1 aromatic rings. The number of aliphatic hydroxyl groups is 1. The van der Waals surface area contributed by atoms with Crippen molar-refractivity contribution in [2.45, 2.75) is 59.6 Å². The Labute approximate surface area is 125 Å². The minimum Gasteiger partial charge on any atom is -0.393 e. The lowest BCUT2D eigenvalue weighted by atomic mass is 10.1. The van der Waals surface area contributed by atoms with Crippen molar-refractivity contribution in [3.63, 3.8) is 0 Å². The van der Waals surface area contributed by atoms with Gasteiger partial charge in [0.2, 0.25) is 0 Å². The highest BCUT2D eigenvalue weighted by molar-refractivity contribution is 5.14. The van der Waals surface area contributed by atoms with Crippen LogP contribution in [0.3, 0.4) is 0 Å². The van der Waals surface area contributed by atoms with E-state index >= 15 is 0 Å². The van der Waals surface area contributed by atoms with Crippen molar-refractivity contribution in [3.05, 3.63) is 35.9 Å². The molecule has 2 heteroatoms. The highest BCUT2D eigenvalue weighted by Crippen LogP contribution is 2.26. The zero-order chi connectivity index (χ0) is 15.4. The van der Waals surface area contributed by atoms with Gasteiger partial charge in [-0.3, -0.25) is 0 Å². The number of hydrogen-bond donors (Lipinski definition) is 1. The van der Waals surface area contributed by atoms with Crippen LogP contribution >= 0.6 is 0 Å². The minimum absolute atomic E-state index is 0.0711. The molecule has 1 aliphatic carbocycles. The minimum atomic E-state index is -0.0711. The second-order valence-corrected chi connectivity index (χ2v) is 4.94. The van der Waals surface area contributed by atoms with Crippen LogP contribution in [-0.2, 0) is 6.54 Å². The summed E-state index contributed by atoms with van der Waals surface area (Å²) in [7, 11) is 2.14. The molecule has 1 aromatic carbocycles. The van der Waals surface area contributed by atoms with E-state index in [0.717, 1.165) is 19.5 Å². The molecule has 0 radical (unpaired) electrons. The van der Waals surface area contributed by atoms with Gasteiger partial charge in [-0.05, 0) is 31.4 Å². The highest BCUT2D eigenvalue weighted by atomic mass is 16.3. The lowest BCUT2D eigenvalue weighted by molar-refractivity contribution is 0.108. The number of rotatable bonds is 4. The lowest BCUT2D eigenvalue weighted by Gasteiger charge is -2.23. The van der Waals surface area contributed by atoms with Gasteiger partial charge in [0.15, 0.2) is 0 Å². The van der Waals surface area contributed by atoms with Crippen LogP contribution in [0.2, 0.25) is 0 Å². The third-order valence-electron chi connectivity index (χ3n) is 3.46. The van der Waals surface area contributed by atoms with Crippen molar-refractivity contribution in [1.29, 1.82) is 0 Å². The Morgan fingerprint density at radius 2 is 1.65 bits per heavy atom. The highest BCUT2D eigenvalue weighted by Gasteiger charge is 2.25. The SMILES string of the molecule is CC.CC.CN(Cc1ccccc1)CC1CCCC1O. The monoisotopic (exact) mass is 279 g/mol. The summed E-state index contributed by atoms with van der Waals surface area (Å²) in [5, 5.41) is 9.78. The van der Waals surface area contributed by atoms with E-state index in [2.05, 4.69) is 36.2 Å². The quantitative estimate of drug-likeness (QED) is 0.886. The van der Waals surface area contributed by atoms with Crippen LogP contribution in [0.5, 0.6) is 0 Å². The molecule has 1 saturated carbocycles. The number of hydrogen-bond acceptors (Lipinski definition) is 2. The van der Waals surface area contributed by atoms with Crippen LogP contribution in [0.25, 0.3) is 0 Å². The normalized spacial score (nSPS) is 20.8. The Hall–Kier alpha value is -0.860. The van der Waals surface area contributed by atoms with E-state index < -0.39 is 0 Å². The zero-order valence-corrected chi connectivity index (χ0v) is 14.0. The number of aliphatic hydroxyl groups excluding tert-OH is 1. The molecule has 2 rings (SSSR count). The maximum Gasteiger partial charge on any atom is 0.0580 e. The average Bonchev–Trinajstić information content (AvgIpc) is 2.89. The predicted octanol–water partition coefficient (Wildman–Crippen LogP) is 4.33. The molecule has 116 valence electrons. The van der Waals surface area contributed by atoms with Crippen LogP contribution in [0, 0.1) is 5.92 Å². The van der Waals surface area contributed by atoms with E-state index in [9.17, 15) is 5.11 Å². The fraction of sp³-hybridized carbons (Fsp3) is 0.667. The Balaban J connectivity index is 0.000000829. The lowest BCUT2D eigenvalue weighted by Crippen LogP contribution is -2.29. The van der Waals surface area contributed by atoms with Crippen LogP contribution in [0.15, 0.2) is 30.3 Å². The van der Waals surface area contributed by atoms with Crippen molar-refractivity contribution in [1.82, 2.24) is 4.90 Å². The Kier molecular flexibility index (Phi) is 11.4. The van der Waals surface area contributed by atoms with Gasteiger partial charge in [-0.15, -0.1) is 0 Å². The van der Waals surface area contributed by atoms with Gasteiger partial charge in [-0.2, -0.15) is 0 Å². The standard InChI is InChI=1S/C14H21NO.2C2H6/c1-15(10-12-6-3-2-4-7-12)11-13-8-5-9-14(13)16;2*1-2/h2-4,6-7,13-14,16H,5,8-11H2,1H3;2*1-2H3. The molecule has 0 bridgehead atoms. The first-order valence-electron chi connectivity index (χ1n) is 8.16. The number of nitrogens with zero attached hydrogens (tertiary/aromatic N) is 1. The van der Waals surface area contributed by atoms with Gasteiger partial charge in [-0.1, -0.05) is 64.4 Å². The molecule has 2 unspecified atom stereocenters. The van der Waals surface area contributed by atoms with E-state index in [1.807, 2.05) is 33.8 Å². The molecular weight excluding hydrogens is 246 g/mol. The zero-order valence-electron chi connectivity index (χ0n) is 14.0. The second kappa shape index (κ2) is 11.9. The van der Waals surface area contributed by atoms with Gasteiger partial charge < -0.3 is 10.0 Å². The van der Waals surface area contributed by atoms with Gasteiger partial charge in [0.25, 0.3) is 0 Å². The molecule has 1 N–H and O–H groups in total. The topological polar surface area (TPSA) is 23.5 Å². The van der Waals surface area contributed by atoms with E-state index in [1.54, 1.807) is 0 Å². The molecule has 0 heterocycles. The van der Waals surface area contributed by atoms with E-state index in [1.165, 1.54) is 18.4 Å². The Morgan fingerprint density at radius 3 is 2.15 bits per heavy atom. The van der Waals surface area contributed by atoms with Crippen LogP contribution < -0.4 is 0 Å². The van der Waals surface area contributed by atoms with Crippen molar-refractivity contribution in [3.8, 4) is 0 Å². The van der Waals surface area contributed by atoms with Gasteiger partial charge in [0.1, 0.15) is 0 Å². The molecule has 2 atom stereocenters. The summed E-state index contributed by atoms with van der Waals surface area (Å²) in [6, 6.07) is 10.5. The molecule has 0 spiro atoms. The van der Waals surface area contributed by atoms with Crippen LogP contribution in [-0.4, -0.2) is 29.7 Å². The third kappa shape index (κ3) is 7.06. The third-order valence-corrected chi connectivity index (χ3v) is 3.46. The molecule has 1 aliphatic rings. The van der Waals surface area contributed by atoms with Gasteiger partial charge >= 0.3 is 0 Å². The molecule has 20 heavy (non-hydrogen) atoms. The van der Waals surface area contributed by atoms with E-state index in [-0.39, 0.29) is 6.10 Å². The number of benzene rings is 1. The van der Waals surface area contributed by atoms with Gasteiger partial charge in [0, 0.05) is 13.1 Å². The van der Waals surface area contributed by atoms with Gasteiger partial charge in [-0.25, -0.2) is 0 Å². The fourth-order valence-electron chi connectivity index (χ4n) is 2.59. The van der Waals surface area contributed by atoms with Gasteiger partial charge in [0.05, 0.1) is 6.10 Å². The summed E-state index contributed by atoms with van der Waals surface area (Å²) in [6.45, 7) is 9.99. The van der Waals surface area contributed by atoms with Crippen LogP contribution in [0.4, 0.5) is 0 Å². The first-order chi connectivity index (χ1) is 9.75. The second-order valence-electron chi connectivity index (χ2n) is 4.94. The molecule has 0 aliphatic heterocycles. The summed E-state index contributed by atoms with van der Waals surface area (Å²) < 4.78 is 0. The first-order valence-corrected chi connectivity index (χ1v) is 8.16. The summed E-state index contributed by atoms with van der Waals surface area (Å²) in [5.41, 5.74) is 1.34. The summed E-state index contributed by atoms with van der Waals surface area (Å²) in [4.78, 5) is 2.31. The molecule has 1 fully saturated rings. The molecule has 0 amide bonds. The Bertz CT molecular complexity index is 312. The Morgan fingerprint density at radius 1 is 1.05 bits per heavy atom. The predicted molar refractivity (Wildman–Crippen MR) is 88.8 cm³/mol. The summed E-state index contributed by atoms with van der Waals surface area (Å²) >= 11 is 0. The molecule has 0 saturated heterocycles. The molecule has 0 aromatic heterocycles. The summed E-state index contributed by atoms with van der Waals surface area (Å²) in [6.07, 6.45) is 3.29. The van der Waals surface area contributed by atoms with E-state index in [4.69, 9.17) is 0 Å². The van der Waals surface area contributed by atoms with Crippen molar-refractivity contribution >= 4 is 0 Å². The maximum atomic E-state index is 9.78. The van der Waals surface area contributed by atoms with Crippen molar-refractivity contribution in [2.24, 2.45) is 5.92 Å². The van der Waals surface area contributed by atoms with E-state index in [0.29, 0.717) is 5.92 Å². The van der Waals surface area contributed by atoms with Crippen molar-refractivity contribution in [2.75, 3.05) is 13.6 Å². The average molecular weight is 279 g/mol. The fourth-order valence-corrected chi connectivity index (χ4v) is 2.59. The smallest absolute Gasteiger partial charge is 0.0580 e. The summed E-state index contributed by atoms with van der Waals surface area (Å²) in [5.74, 6) is 0.480. The molecular formula is C18H33NO.